The summed E-state index contributed by atoms with van der Waals surface area (Å²) in [6.07, 6.45) is 6.45. The van der Waals surface area contributed by atoms with Crippen LogP contribution in [0.25, 0.3) is 0 Å². The van der Waals surface area contributed by atoms with Gasteiger partial charge in [0.05, 0.1) is 15.9 Å². The third-order valence-electron chi connectivity index (χ3n) is 2.48. The third kappa shape index (κ3) is 3.76. The first kappa shape index (κ1) is 13.5. The van der Waals surface area contributed by atoms with Crippen molar-refractivity contribution in [3.8, 4) is 0 Å². The van der Waals surface area contributed by atoms with E-state index in [-0.39, 0.29) is 0 Å². The number of nitrogens with one attached hydrogen (secondary N) is 1. The lowest BCUT2D eigenvalue weighted by Crippen LogP contribution is -2.12. The van der Waals surface area contributed by atoms with Gasteiger partial charge in [0.1, 0.15) is 0 Å². The minimum absolute atomic E-state index is 0.935. The summed E-state index contributed by atoms with van der Waals surface area (Å²) in [5.74, 6) is 0. The van der Waals surface area contributed by atoms with Gasteiger partial charge in [0.15, 0.2) is 0 Å². The highest BCUT2D eigenvalue weighted by molar-refractivity contribution is 9.10. The summed E-state index contributed by atoms with van der Waals surface area (Å²) in [6.45, 7) is 6.24. The van der Waals surface area contributed by atoms with Gasteiger partial charge in [-0.25, -0.2) is 0 Å². The van der Waals surface area contributed by atoms with Crippen LogP contribution < -0.4 is 5.32 Å². The third-order valence-corrected chi connectivity index (χ3v) is 3.51. The number of allylic oxidation sites excluding steroid dienone is 1. The van der Waals surface area contributed by atoms with Crippen LogP contribution in [-0.4, -0.2) is 22.9 Å². The molecule has 0 aromatic carbocycles. The Morgan fingerprint density at radius 1 is 1.44 bits per heavy atom. The molecule has 1 N–H and O–H groups in total. The van der Waals surface area contributed by atoms with Gasteiger partial charge >= 0.3 is 0 Å². The molecule has 4 heteroatoms. The normalized spacial score (nSPS) is 11.5. The van der Waals surface area contributed by atoms with E-state index in [9.17, 15) is 0 Å². The van der Waals surface area contributed by atoms with Gasteiger partial charge in [-0.2, -0.15) is 5.10 Å². The van der Waals surface area contributed by atoms with Crippen LogP contribution in [0.5, 0.6) is 0 Å². The molecule has 0 atom stereocenters. The highest BCUT2D eigenvalue weighted by Crippen LogP contribution is 2.20. The molecular formula is C12H20BrN3. The quantitative estimate of drug-likeness (QED) is 0.643. The fourth-order valence-electron chi connectivity index (χ4n) is 1.58. The van der Waals surface area contributed by atoms with Gasteiger partial charge in [-0.05, 0) is 42.4 Å². The minimum Gasteiger partial charge on any atom is -0.317 e. The zero-order chi connectivity index (χ0) is 12.0. The smallest absolute Gasteiger partial charge is 0.0738 e. The van der Waals surface area contributed by atoms with Crippen LogP contribution in [0.2, 0.25) is 0 Å². The standard InChI is InChI=1S/C12H20BrN3/c1-4-14-9-7-5-6-8-11-12(13)10(2)15-16(11)3/h5-6,14H,4,7-9H2,1-3H3. The highest BCUT2D eigenvalue weighted by Gasteiger charge is 2.07. The predicted octanol–water partition coefficient (Wildman–Crippen LogP) is 2.59. The van der Waals surface area contributed by atoms with Crippen LogP contribution >= 0.6 is 15.9 Å². The van der Waals surface area contributed by atoms with Gasteiger partial charge in [0.25, 0.3) is 0 Å². The molecule has 0 unspecified atom stereocenters. The SMILES string of the molecule is CCNCCC=CCc1c(Br)c(C)nn1C. The number of aryl methyl sites for hydroxylation is 2. The monoisotopic (exact) mass is 285 g/mol. The molecule has 1 heterocycles. The van der Waals surface area contributed by atoms with Crippen molar-refractivity contribution in [2.75, 3.05) is 13.1 Å². The summed E-state index contributed by atoms with van der Waals surface area (Å²) >= 11 is 3.57. The topological polar surface area (TPSA) is 29.9 Å². The molecule has 0 saturated heterocycles. The van der Waals surface area contributed by atoms with E-state index in [0.717, 1.165) is 36.1 Å². The first-order chi connectivity index (χ1) is 7.66. The molecule has 0 aliphatic carbocycles. The van der Waals surface area contributed by atoms with Gasteiger partial charge in [-0.1, -0.05) is 19.1 Å². The lowest BCUT2D eigenvalue weighted by molar-refractivity contribution is 0.715. The number of hydrogen-bond donors (Lipinski definition) is 1. The zero-order valence-corrected chi connectivity index (χ0v) is 11.8. The van der Waals surface area contributed by atoms with Crippen molar-refractivity contribution >= 4 is 15.9 Å². The average Bonchev–Trinajstić information content (AvgIpc) is 2.49. The summed E-state index contributed by atoms with van der Waals surface area (Å²) in [5.41, 5.74) is 2.29. The summed E-state index contributed by atoms with van der Waals surface area (Å²) < 4.78 is 3.07. The molecule has 1 aromatic heterocycles. The maximum absolute atomic E-state index is 4.36. The van der Waals surface area contributed by atoms with Crippen molar-refractivity contribution in [2.45, 2.75) is 26.7 Å². The second kappa shape index (κ2) is 6.86. The van der Waals surface area contributed by atoms with E-state index in [1.54, 1.807) is 0 Å². The molecule has 1 rings (SSSR count). The van der Waals surface area contributed by atoms with Crippen molar-refractivity contribution in [3.63, 3.8) is 0 Å². The van der Waals surface area contributed by atoms with Gasteiger partial charge in [-0.3, -0.25) is 4.68 Å². The second-order valence-electron chi connectivity index (χ2n) is 3.79. The Morgan fingerprint density at radius 3 is 2.75 bits per heavy atom. The van der Waals surface area contributed by atoms with Crippen LogP contribution in [0, 0.1) is 6.92 Å². The maximum Gasteiger partial charge on any atom is 0.0738 e. The largest absolute Gasteiger partial charge is 0.317 e. The second-order valence-corrected chi connectivity index (χ2v) is 4.58. The molecule has 90 valence electrons. The molecule has 0 saturated carbocycles. The number of rotatable bonds is 6. The molecule has 0 aliphatic heterocycles. The molecule has 0 fully saturated rings. The van der Waals surface area contributed by atoms with E-state index in [1.165, 1.54) is 5.69 Å². The molecule has 1 aromatic rings. The number of nitrogens with zero attached hydrogens (tertiary/aromatic N) is 2. The average molecular weight is 286 g/mol. The van der Waals surface area contributed by atoms with E-state index in [2.05, 4.69) is 45.4 Å². The Bertz CT molecular complexity index is 355. The first-order valence-corrected chi connectivity index (χ1v) is 6.49. The van der Waals surface area contributed by atoms with E-state index < -0.39 is 0 Å². The lowest BCUT2D eigenvalue weighted by Gasteiger charge is -1.99. The predicted molar refractivity (Wildman–Crippen MR) is 71.6 cm³/mol. The van der Waals surface area contributed by atoms with Gasteiger partial charge in [-0.15, -0.1) is 0 Å². The van der Waals surface area contributed by atoms with E-state index in [4.69, 9.17) is 0 Å². The van der Waals surface area contributed by atoms with Gasteiger partial charge in [0.2, 0.25) is 0 Å². The summed E-state index contributed by atoms with van der Waals surface area (Å²) in [5, 5.41) is 7.66. The van der Waals surface area contributed by atoms with Crippen molar-refractivity contribution in [2.24, 2.45) is 7.05 Å². The van der Waals surface area contributed by atoms with Crippen LogP contribution in [0.4, 0.5) is 0 Å². The van der Waals surface area contributed by atoms with Crippen molar-refractivity contribution in [3.05, 3.63) is 28.0 Å². The molecule has 3 nitrogen and oxygen atoms in total. The number of halogens is 1. The minimum atomic E-state index is 0.935. The van der Waals surface area contributed by atoms with Crippen LogP contribution in [0.1, 0.15) is 24.7 Å². The van der Waals surface area contributed by atoms with E-state index in [0.29, 0.717) is 0 Å². The Morgan fingerprint density at radius 2 is 2.19 bits per heavy atom. The summed E-state index contributed by atoms with van der Waals surface area (Å²) in [6, 6.07) is 0. The van der Waals surface area contributed by atoms with Crippen LogP contribution in [0.3, 0.4) is 0 Å². The van der Waals surface area contributed by atoms with E-state index in [1.807, 2.05) is 18.7 Å². The zero-order valence-electron chi connectivity index (χ0n) is 10.3. The molecule has 0 spiro atoms. The molecular weight excluding hydrogens is 266 g/mol. The lowest BCUT2D eigenvalue weighted by atomic mass is 10.2. The fraction of sp³-hybridized carbons (Fsp3) is 0.583. The molecule has 16 heavy (non-hydrogen) atoms. The van der Waals surface area contributed by atoms with Gasteiger partial charge in [0, 0.05) is 13.5 Å². The van der Waals surface area contributed by atoms with E-state index >= 15 is 0 Å². The molecule has 0 aliphatic rings. The van der Waals surface area contributed by atoms with Crippen molar-refractivity contribution in [1.29, 1.82) is 0 Å². The number of aromatic nitrogens is 2. The molecule has 0 amide bonds. The first-order valence-electron chi connectivity index (χ1n) is 5.70. The number of hydrogen-bond acceptors (Lipinski definition) is 2. The Balaban J connectivity index is 2.42. The Kier molecular flexibility index (Phi) is 5.77. The Labute approximate surface area is 106 Å². The molecule has 0 bridgehead atoms. The molecule has 0 radical (unpaired) electrons. The van der Waals surface area contributed by atoms with Gasteiger partial charge < -0.3 is 5.32 Å². The fourth-order valence-corrected chi connectivity index (χ4v) is 2.07. The Hall–Kier alpha value is -0.610. The maximum atomic E-state index is 4.36. The summed E-state index contributed by atoms with van der Waals surface area (Å²) in [7, 11) is 1.99. The highest BCUT2D eigenvalue weighted by atomic mass is 79.9. The summed E-state index contributed by atoms with van der Waals surface area (Å²) in [4.78, 5) is 0. The van der Waals surface area contributed by atoms with Crippen LogP contribution in [-0.2, 0) is 13.5 Å². The van der Waals surface area contributed by atoms with Crippen molar-refractivity contribution in [1.82, 2.24) is 15.1 Å². The van der Waals surface area contributed by atoms with Crippen LogP contribution in [0.15, 0.2) is 16.6 Å². The van der Waals surface area contributed by atoms with Crippen molar-refractivity contribution < 1.29 is 0 Å².